The molecule has 1 saturated heterocycles. The average Bonchev–Trinajstić information content (AvgIpc) is 2.98. The summed E-state index contributed by atoms with van der Waals surface area (Å²) in [6.45, 7) is 6.39. The third-order valence-corrected chi connectivity index (χ3v) is 4.16. The van der Waals surface area contributed by atoms with Gasteiger partial charge in [0.1, 0.15) is 5.69 Å². The maximum Gasteiger partial charge on any atom is 0.272 e. The second kappa shape index (κ2) is 7.60. The van der Waals surface area contributed by atoms with E-state index in [-0.39, 0.29) is 23.9 Å². The smallest absolute Gasteiger partial charge is 0.272 e. The van der Waals surface area contributed by atoms with Crippen molar-refractivity contribution in [2.45, 2.75) is 38.8 Å². The van der Waals surface area contributed by atoms with Crippen molar-refractivity contribution in [1.82, 2.24) is 24.6 Å². The van der Waals surface area contributed by atoms with E-state index in [9.17, 15) is 4.79 Å². The maximum atomic E-state index is 12.9. The van der Waals surface area contributed by atoms with Gasteiger partial charge < -0.3 is 15.4 Å². The van der Waals surface area contributed by atoms with Gasteiger partial charge >= 0.3 is 0 Å². The van der Waals surface area contributed by atoms with Crippen LogP contribution in [0.5, 0.6) is 0 Å². The molecule has 2 N–H and O–H groups in total. The van der Waals surface area contributed by atoms with E-state index in [0.29, 0.717) is 31.9 Å². The molecule has 3 heterocycles. The summed E-state index contributed by atoms with van der Waals surface area (Å²) in [7, 11) is 0. The van der Waals surface area contributed by atoms with Gasteiger partial charge in [-0.3, -0.25) is 9.48 Å². The van der Waals surface area contributed by atoms with E-state index in [4.69, 9.17) is 10.5 Å². The minimum atomic E-state index is -0.132. The van der Waals surface area contributed by atoms with E-state index in [1.807, 2.05) is 30.8 Å². The number of carbonyl (C=O) groups excluding carboxylic acids is 1. The molecule has 0 aliphatic carbocycles. The Labute approximate surface area is 147 Å². The van der Waals surface area contributed by atoms with E-state index in [2.05, 4.69) is 15.1 Å². The highest BCUT2D eigenvalue weighted by atomic mass is 16.5. The number of ether oxygens (including phenoxy) is 1. The molecule has 1 aliphatic heterocycles. The van der Waals surface area contributed by atoms with Crippen molar-refractivity contribution in [3.8, 4) is 0 Å². The number of anilines is 1. The Morgan fingerprint density at radius 3 is 3.00 bits per heavy atom. The van der Waals surface area contributed by atoms with Gasteiger partial charge in [0.25, 0.3) is 5.91 Å². The van der Waals surface area contributed by atoms with Gasteiger partial charge in [-0.05, 0) is 24.5 Å². The Balaban J connectivity index is 1.76. The van der Waals surface area contributed by atoms with Crippen LogP contribution in [0.15, 0.2) is 24.5 Å². The molecule has 1 atom stereocenters. The fraction of sp³-hybridized carbons (Fsp3) is 0.529. The molecule has 0 saturated carbocycles. The summed E-state index contributed by atoms with van der Waals surface area (Å²) >= 11 is 0. The number of hydrogen-bond donors (Lipinski definition) is 1. The molecule has 1 aliphatic rings. The first-order valence-electron chi connectivity index (χ1n) is 8.55. The number of carbonyl (C=O) groups is 1. The second-order valence-electron chi connectivity index (χ2n) is 6.52. The zero-order valence-corrected chi connectivity index (χ0v) is 14.6. The maximum absolute atomic E-state index is 12.9. The van der Waals surface area contributed by atoms with Crippen LogP contribution >= 0.6 is 0 Å². The molecular formula is C17H24N6O2. The molecule has 2 aromatic rings. The van der Waals surface area contributed by atoms with E-state index in [0.717, 1.165) is 12.1 Å². The molecule has 0 unspecified atom stereocenters. The Kier molecular flexibility index (Phi) is 5.28. The predicted molar refractivity (Wildman–Crippen MR) is 93.0 cm³/mol. The second-order valence-corrected chi connectivity index (χ2v) is 6.52. The molecule has 25 heavy (non-hydrogen) atoms. The molecule has 0 radical (unpaired) electrons. The number of nitrogen functional groups attached to an aromatic ring is 1. The zero-order chi connectivity index (χ0) is 17.8. The SMILES string of the molecule is CC(C)c1cc(C(=O)N2CCCO[C@@H](Cn3cccn3)C2)nc(N)n1. The fourth-order valence-corrected chi connectivity index (χ4v) is 2.86. The van der Waals surface area contributed by atoms with Gasteiger partial charge in [0.05, 0.1) is 12.6 Å². The third-order valence-electron chi connectivity index (χ3n) is 4.16. The fourth-order valence-electron chi connectivity index (χ4n) is 2.86. The molecule has 0 bridgehead atoms. The molecular weight excluding hydrogens is 320 g/mol. The van der Waals surface area contributed by atoms with Crippen molar-refractivity contribution in [3.63, 3.8) is 0 Å². The quantitative estimate of drug-likeness (QED) is 0.898. The summed E-state index contributed by atoms with van der Waals surface area (Å²) in [5.74, 6) is 0.178. The number of nitrogens with two attached hydrogens (primary N) is 1. The van der Waals surface area contributed by atoms with Crippen molar-refractivity contribution >= 4 is 11.9 Å². The topological polar surface area (TPSA) is 99.2 Å². The summed E-state index contributed by atoms with van der Waals surface area (Å²) in [6, 6.07) is 3.61. The highest BCUT2D eigenvalue weighted by molar-refractivity contribution is 5.92. The van der Waals surface area contributed by atoms with Crippen molar-refractivity contribution in [2.24, 2.45) is 0 Å². The van der Waals surface area contributed by atoms with E-state index in [1.165, 1.54) is 0 Å². The van der Waals surface area contributed by atoms with Crippen LogP contribution in [0, 0.1) is 0 Å². The predicted octanol–water partition coefficient (Wildman–Crippen LogP) is 1.31. The Morgan fingerprint density at radius 1 is 1.44 bits per heavy atom. The van der Waals surface area contributed by atoms with E-state index >= 15 is 0 Å². The first kappa shape index (κ1) is 17.3. The van der Waals surface area contributed by atoms with Crippen molar-refractivity contribution in [3.05, 3.63) is 35.9 Å². The number of rotatable bonds is 4. The molecule has 1 fully saturated rings. The lowest BCUT2D eigenvalue weighted by Gasteiger charge is -2.24. The summed E-state index contributed by atoms with van der Waals surface area (Å²) in [5.41, 5.74) is 6.90. The lowest BCUT2D eigenvalue weighted by molar-refractivity contribution is 0.0365. The lowest BCUT2D eigenvalue weighted by atomic mass is 10.1. The van der Waals surface area contributed by atoms with Crippen LogP contribution < -0.4 is 5.73 Å². The van der Waals surface area contributed by atoms with Gasteiger partial charge in [0.15, 0.2) is 0 Å². The van der Waals surface area contributed by atoms with E-state index in [1.54, 1.807) is 17.2 Å². The first-order valence-corrected chi connectivity index (χ1v) is 8.55. The van der Waals surface area contributed by atoms with Crippen LogP contribution in [0.1, 0.15) is 42.4 Å². The number of aromatic nitrogens is 4. The number of amides is 1. The highest BCUT2D eigenvalue weighted by Gasteiger charge is 2.25. The van der Waals surface area contributed by atoms with Gasteiger partial charge in [0.2, 0.25) is 5.95 Å². The largest absolute Gasteiger partial charge is 0.374 e. The third kappa shape index (κ3) is 4.33. The molecule has 8 nitrogen and oxygen atoms in total. The average molecular weight is 344 g/mol. The van der Waals surface area contributed by atoms with Crippen LogP contribution in [0.4, 0.5) is 5.95 Å². The summed E-state index contributed by atoms with van der Waals surface area (Å²) in [6.07, 6.45) is 4.31. The van der Waals surface area contributed by atoms with Crippen molar-refractivity contribution in [1.29, 1.82) is 0 Å². The number of hydrogen-bond acceptors (Lipinski definition) is 6. The van der Waals surface area contributed by atoms with Gasteiger partial charge in [-0.2, -0.15) is 5.10 Å². The summed E-state index contributed by atoms with van der Waals surface area (Å²) in [4.78, 5) is 23.1. The molecule has 2 aromatic heterocycles. The standard InChI is InChI=1S/C17H24N6O2/c1-12(2)14-9-15(21-17(18)20-14)16(24)22-6-4-8-25-13(10-22)11-23-7-3-5-19-23/h3,5,7,9,12-13H,4,6,8,10-11H2,1-2H3,(H2,18,20,21)/t13-/m1/s1. The first-order chi connectivity index (χ1) is 12.0. The molecule has 0 aromatic carbocycles. The van der Waals surface area contributed by atoms with Gasteiger partial charge in [-0.1, -0.05) is 13.8 Å². The molecule has 8 heteroatoms. The highest BCUT2D eigenvalue weighted by Crippen LogP contribution is 2.16. The monoisotopic (exact) mass is 344 g/mol. The Morgan fingerprint density at radius 2 is 2.28 bits per heavy atom. The normalized spacial score (nSPS) is 18.4. The molecule has 1 amide bonds. The summed E-state index contributed by atoms with van der Waals surface area (Å²) in [5, 5.41) is 4.21. The van der Waals surface area contributed by atoms with Crippen molar-refractivity contribution < 1.29 is 9.53 Å². The van der Waals surface area contributed by atoms with Crippen LogP contribution in [0.2, 0.25) is 0 Å². The van der Waals surface area contributed by atoms with Gasteiger partial charge in [0, 0.05) is 37.8 Å². The van der Waals surface area contributed by atoms with Crippen molar-refractivity contribution in [2.75, 3.05) is 25.4 Å². The molecule has 3 rings (SSSR count). The minimum absolute atomic E-state index is 0.102. The van der Waals surface area contributed by atoms with E-state index < -0.39 is 0 Å². The molecule has 134 valence electrons. The Bertz CT molecular complexity index is 716. The zero-order valence-electron chi connectivity index (χ0n) is 14.6. The Hall–Kier alpha value is -2.48. The van der Waals surface area contributed by atoms with Gasteiger partial charge in [-0.25, -0.2) is 9.97 Å². The summed E-state index contributed by atoms with van der Waals surface area (Å²) < 4.78 is 7.68. The lowest BCUT2D eigenvalue weighted by Crippen LogP contribution is -2.39. The van der Waals surface area contributed by atoms with Crippen LogP contribution in [-0.2, 0) is 11.3 Å². The number of nitrogens with zero attached hydrogens (tertiary/aromatic N) is 5. The van der Waals surface area contributed by atoms with Crippen LogP contribution in [0.3, 0.4) is 0 Å². The minimum Gasteiger partial charge on any atom is -0.374 e. The van der Waals surface area contributed by atoms with Gasteiger partial charge in [-0.15, -0.1) is 0 Å². The molecule has 0 spiro atoms. The van der Waals surface area contributed by atoms with Crippen LogP contribution in [-0.4, -0.2) is 56.4 Å². The van der Waals surface area contributed by atoms with Crippen LogP contribution in [0.25, 0.3) is 0 Å².